The number of aromatic amines is 2. The van der Waals surface area contributed by atoms with Gasteiger partial charge in [-0.05, 0) is 43.9 Å². The summed E-state index contributed by atoms with van der Waals surface area (Å²) in [7, 11) is 3.98. The van der Waals surface area contributed by atoms with E-state index in [9.17, 15) is 32.3 Å². The Bertz CT molecular complexity index is 1890. The number of alkyl halides is 3. The van der Waals surface area contributed by atoms with Crippen LogP contribution in [0.1, 0.15) is 57.5 Å². The van der Waals surface area contributed by atoms with Crippen LogP contribution in [0.5, 0.6) is 0 Å². The second kappa shape index (κ2) is 17.1. The largest absolute Gasteiger partial charge is 0.453 e. The van der Waals surface area contributed by atoms with E-state index in [1.165, 1.54) is 23.8 Å². The molecular formula is C36H43F3N8O6. The summed E-state index contributed by atoms with van der Waals surface area (Å²) in [5, 5.41) is 4.83. The Labute approximate surface area is 304 Å². The lowest BCUT2D eigenvalue weighted by molar-refractivity contribution is -0.140. The van der Waals surface area contributed by atoms with Gasteiger partial charge in [0.25, 0.3) is 0 Å². The van der Waals surface area contributed by atoms with Crippen molar-refractivity contribution in [3.8, 4) is 33.6 Å². The van der Waals surface area contributed by atoms with Crippen molar-refractivity contribution in [2.45, 2.75) is 65.0 Å². The minimum Gasteiger partial charge on any atom is -0.453 e. The van der Waals surface area contributed by atoms with Gasteiger partial charge in [0.05, 0.1) is 38.7 Å². The van der Waals surface area contributed by atoms with Crippen molar-refractivity contribution in [2.24, 2.45) is 0 Å². The number of imidazole rings is 2. The third-order valence-electron chi connectivity index (χ3n) is 8.57. The van der Waals surface area contributed by atoms with Gasteiger partial charge in [-0.3, -0.25) is 9.59 Å². The number of H-pyrrole nitrogens is 2. The molecule has 53 heavy (non-hydrogen) atoms. The Morgan fingerprint density at radius 1 is 0.811 bits per heavy atom. The van der Waals surface area contributed by atoms with Crippen molar-refractivity contribution in [2.75, 3.05) is 27.8 Å². The normalized spacial score (nSPS) is 13.0. The summed E-state index contributed by atoms with van der Waals surface area (Å²) in [5.41, 5.74) is 1.98. The zero-order chi connectivity index (χ0) is 39.0. The Balaban J connectivity index is 1.49. The molecule has 0 unspecified atom stereocenters. The third-order valence-corrected chi connectivity index (χ3v) is 8.57. The lowest BCUT2D eigenvalue weighted by atomic mass is 10.0. The number of methoxy groups -OCH3 is 2. The molecule has 284 valence electrons. The van der Waals surface area contributed by atoms with E-state index < -0.39 is 48.1 Å². The zero-order valence-electron chi connectivity index (χ0n) is 30.4. The van der Waals surface area contributed by atoms with Crippen molar-refractivity contribution in [1.82, 2.24) is 40.4 Å². The first kappa shape index (κ1) is 39.9. The Kier molecular flexibility index (Phi) is 12.9. The number of hydrogen-bond acceptors (Lipinski definition) is 8. The predicted molar refractivity (Wildman–Crippen MR) is 189 cm³/mol. The molecule has 0 bridgehead atoms. The summed E-state index contributed by atoms with van der Waals surface area (Å²) in [6.07, 6.45) is -4.08. The number of alkyl carbamates (subject to hydrolysis) is 2. The molecule has 14 nitrogen and oxygen atoms in total. The second-order valence-electron chi connectivity index (χ2n) is 12.3. The molecule has 4 amide bonds. The van der Waals surface area contributed by atoms with Crippen LogP contribution in [-0.2, 0) is 31.8 Å². The fraction of sp³-hybridized carbons (Fsp3) is 0.389. The highest BCUT2D eigenvalue weighted by Gasteiger charge is 2.38. The number of amides is 4. The van der Waals surface area contributed by atoms with Gasteiger partial charge in [0.15, 0.2) is 0 Å². The van der Waals surface area contributed by atoms with Crippen LogP contribution in [0.25, 0.3) is 33.6 Å². The van der Waals surface area contributed by atoms with Crippen LogP contribution in [0, 0.1) is 0 Å². The zero-order valence-corrected chi connectivity index (χ0v) is 30.4. The standard InChI is InChI=1S/C36H43F3N8O6/c1-8-17-47(33(49)21(3)42-35(51)53-7)19-28-44-29(30(45-28)36(37,38)39)26-15-11-24(12-16-26)23-9-13-25(14-10-23)27-18-40-31(43-27)22(4)46(5)32(48)20(2)41-34(50)52-6/h9-16,18,20-22H,8,17,19H2,1-7H3,(H,40,43)(H,41,50)(H,42,51)(H,44,45)/t20-,21-,22-/m0/s1. The van der Waals surface area contributed by atoms with E-state index in [1.54, 1.807) is 51.4 Å². The van der Waals surface area contributed by atoms with Gasteiger partial charge < -0.3 is 39.9 Å². The number of carbonyl (C=O) groups excluding carboxylic acids is 4. The first-order valence-electron chi connectivity index (χ1n) is 16.7. The number of ether oxygens (including phenoxy) is 2. The summed E-state index contributed by atoms with van der Waals surface area (Å²) in [6.45, 7) is 6.64. The van der Waals surface area contributed by atoms with Gasteiger partial charge >= 0.3 is 18.4 Å². The maximum absolute atomic E-state index is 14.2. The van der Waals surface area contributed by atoms with Gasteiger partial charge in [0.2, 0.25) is 11.8 Å². The highest BCUT2D eigenvalue weighted by molar-refractivity contribution is 5.86. The molecule has 3 atom stereocenters. The number of nitrogens with zero attached hydrogens (tertiary/aromatic N) is 4. The fourth-order valence-corrected chi connectivity index (χ4v) is 5.54. The van der Waals surface area contributed by atoms with E-state index in [-0.39, 0.29) is 36.1 Å². The highest BCUT2D eigenvalue weighted by Crippen LogP contribution is 2.36. The molecule has 0 aliphatic rings. The summed E-state index contributed by atoms with van der Waals surface area (Å²) in [6, 6.07) is 11.8. The molecule has 0 radical (unpaired) electrons. The molecule has 0 saturated carbocycles. The highest BCUT2D eigenvalue weighted by atomic mass is 19.4. The first-order valence-corrected chi connectivity index (χ1v) is 16.7. The van der Waals surface area contributed by atoms with Gasteiger partial charge in [0.1, 0.15) is 35.1 Å². The van der Waals surface area contributed by atoms with Crippen molar-refractivity contribution in [1.29, 1.82) is 0 Å². The summed E-state index contributed by atoms with van der Waals surface area (Å²) >= 11 is 0. The summed E-state index contributed by atoms with van der Waals surface area (Å²) in [5.74, 6) is -0.346. The molecule has 0 saturated heterocycles. The van der Waals surface area contributed by atoms with Gasteiger partial charge in [-0.25, -0.2) is 19.6 Å². The molecule has 2 heterocycles. The number of nitrogens with one attached hydrogen (secondary N) is 4. The van der Waals surface area contributed by atoms with Crippen LogP contribution in [-0.4, -0.2) is 93.6 Å². The van der Waals surface area contributed by atoms with E-state index in [0.717, 1.165) is 23.8 Å². The van der Waals surface area contributed by atoms with Crippen LogP contribution in [0.4, 0.5) is 22.8 Å². The second-order valence-corrected chi connectivity index (χ2v) is 12.3. The molecule has 4 N–H and O–H groups in total. The fourth-order valence-electron chi connectivity index (χ4n) is 5.54. The van der Waals surface area contributed by atoms with Crippen LogP contribution in [0.2, 0.25) is 0 Å². The SMILES string of the molecule is CCCN(Cc1nc(-c2ccc(-c3ccc(-c4cnc([C@H](C)N(C)C(=O)[C@H](C)NC(=O)OC)[nH]4)cc3)cc2)c(C(F)(F)F)[nH]1)C(=O)[C@H](C)NC(=O)OC. The molecule has 4 rings (SSSR count). The smallest absolute Gasteiger partial charge is 0.433 e. The summed E-state index contributed by atoms with van der Waals surface area (Å²) < 4.78 is 51.6. The maximum Gasteiger partial charge on any atom is 0.433 e. The molecule has 0 fully saturated rings. The summed E-state index contributed by atoms with van der Waals surface area (Å²) in [4.78, 5) is 66.0. The number of hydrogen-bond donors (Lipinski definition) is 4. The van der Waals surface area contributed by atoms with Crippen molar-refractivity contribution >= 4 is 24.0 Å². The number of rotatable bonds is 13. The lowest BCUT2D eigenvalue weighted by Gasteiger charge is -2.26. The predicted octanol–water partition coefficient (Wildman–Crippen LogP) is 5.90. The van der Waals surface area contributed by atoms with Crippen LogP contribution < -0.4 is 10.6 Å². The van der Waals surface area contributed by atoms with E-state index >= 15 is 0 Å². The minimum atomic E-state index is -4.75. The van der Waals surface area contributed by atoms with Crippen molar-refractivity contribution in [3.63, 3.8) is 0 Å². The Morgan fingerprint density at radius 3 is 1.83 bits per heavy atom. The topological polar surface area (TPSA) is 175 Å². The Hall–Kier alpha value is -5.87. The monoisotopic (exact) mass is 740 g/mol. The number of likely N-dealkylation sites (N-methyl/N-ethyl adjacent to an activating group) is 1. The van der Waals surface area contributed by atoms with Crippen molar-refractivity contribution in [3.05, 3.63) is 72.1 Å². The quantitative estimate of drug-likeness (QED) is 0.131. The molecule has 2 aromatic carbocycles. The molecule has 0 aliphatic carbocycles. The molecule has 4 aromatic rings. The molecule has 0 aliphatic heterocycles. The van der Waals surface area contributed by atoms with E-state index in [0.29, 0.717) is 17.9 Å². The Morgan fingerprint density at radius 2 is 1.32 bits per heavy atom. The first-order chi connectivity index (χ1) is 25.1. The van der Waals surface area contributed by atoms with E-state index in [4.69, 9.17) is 0 Å². The van der Waals surface area contributed by atoms with Crippen LogP contribution in [0.15, 0.2) is 54.7 Å². The average molecular weight is 741 g/mol. The van der Waals surface area contributed by atoms with Gasteiger partial charge in [0, 0.05) is 19.2 Å². The lowest BCUT2D eigenvalue weighted by Crippen LogP contribution is -2.47. The number of carbonyl (C=O) groups is 4. The minimum absolute atomic E-state index is 0.0567. The number of aromatic nitrogens is 4. The van der Waals surface area contributed by atoms with Gasteiger partial charge in [-0.2, -0.15) is 13.2 Å². The molecule has 0 spiro atoms. The van der Waals surface area contributed by atoms with Crippen LogP contribution >= 0.6 is 0 Å². The molecule has 2 aromatic heterocycles. The number of benzene rings is 2. The third kappa shape index (κ3) is 9.72. The van der Waals surface area contributed by atoms with Gasteiger partial charge in [-0.15, -0.1) is 0 Å². The van der Waals surface area contributed by atoms with E-state index in [2.05, 4.69) is 40.0 Å². The van der Waals surface area contributed by atoms with Gasteiger partial charge in [-0.1, -0.05) is 55.5 Å². The van der Waals surface area contributed by atoms with Crippen molar-refractivity contribution < 1.29 is 41.8 Å². The maximum atomic E-state index is 14.2. The van der Waals surface area contributed by atoms with Crippen LogP contribution in [0.3, 0.4) is 0 Å². The van der Waals surface area contributed by atoms with E-state index in [1.807, 2.05) is 31.2 Å². The number of halogens is 3. The average Bonchev–Trinajstić information content (AvgIpc) is 3.82. The molecular weight excluding hydrogens is 697 g/mol. The molecule has 17 heteroatoms.